The maximum atomic E-state index is 11.9. The predicted molar refractivity (Wildman–Crippen MR) is 96.6 cm³/mol. The van der Waals surface area contributed by atoms with Gasteiger partial charge in [-0.05, 0) is 48.3 Å². The standard InChI is InChI=1S/C18H21BrN2O3/c1-4-23-17(22)13-10-14(19)15(21-16(13)20)18(2,3)24-11-12-8-6-5-7-9-12/h5-10H,4,11H2,1-3H3,(H2,20,21). The molecular weight excluding hydrogens is 372 g/mol. The number of nitrogens with zero attached hydrogens (tertiary/aromatic N) is 1. The van der Waals surface area contributed by atoms with Crippen molar-refractivity contribution in [1.29, 1.82) is 0 Å². The molecule has 0 unspecified atom stereocenters. The zero-order chi connectivity index (χ0) is 17.7. The number of carbonyl (C=O) groups excluding carboxylic acids is 1. The van der Waals surface area contributed by atoms with E-state index in [1.54, 1.807) is 13.0 Å². The lowest BCUT2D eigenvalue weighted by Gasteiger charge is -2.26. The molecular formula is C18H21BrN2O3. The molecule has 0 radical (unpaired) electrons. The van der Waals surface area contributed by atoms with E-state index >= 15 is 0 Å². The minimum absolute atomic E-state index is 0.128. The van der Waals surface area contributed by atoms with Gasteiger partial charge in [-0.2, -0.15) is 0 Å². The van der Waals surface area contributed by atoms with Crippen molar-refractivity contribution in [2.45, 2.75) is 33.0 Å². The highest BCUT2D eigenvalue weighted by Gasteiger charge is 2.28. The number of benzene rings is 1. The van der Waals surface area contributed by atoms with Crippen LogP contribution in [0.15, 0.2) is 40.9 Å². The molecule has 0 aliphatic heterocycles. The number of hydrogen-bond acceptors (Lipinski definition) is 5. The van der Waals surface area contributed by atoms with Crippen molar-refractivity contribution in [3.8, 4) is 0 Å². The van der Waals surface area contributed by atoms with Gasteiger partial charge in [0, 0.05) is 4.47 Å². The van der Waals surface area contributed by atoms with Crippen LogP contribution in [0.25, 0.3) is 0 Å². The molecule has 0 aliphatic carbocycles. The van der Waals surface area contributed by atoms with E-state index in [-0.39, 0.29) is 18.0 Å². The van der Waals surface area contributed by atoms with Crippen LogP contribution in [0.1, 0.15) is 42.4 Å². The topological polar surface area (TPSA) is 74.4 Å². The summed E-state index contributed by atoms with van der Waals surface area (Å²) in [4.78, 5) is 16.3. The first-order valence-corrected chi connectivity index (χ1v) is 8.46. The predicted octanol–water partition coefficient (Wildman–Crippen LogP) is 4.05. The van der Waals surface area contributed by atoms with Gasteiger partial charge < -0.3 is 15.2 Å². The molecule has 2 N–H and O–H groups in total. The van der Waals surface area contributed by atoms with Crippen molar-refractivity contribution in [2.75, 3.05) is 12.3 Å². The monoisotopic (exact) mass is 392 g/mol. The summed E-state index contributed by atoms with van der Waals surface area (Å²) in [6.45, 7) is 6.29. The molecule has 0 amide bonds. The van der Waals surface area contributed by atoms with Crippen molar-refractivity contribution in [3.05, 3.63) is 57.7 Å². The molecule has 0 spiro atoms. The van der Waals surface area contributed by atoms with Gasteiger partial charge in [-0.25, -0.2) is 9.78 Å². The highest BCUT2D eigenvalue weighted by molar-refractivity contribution is 9.10. The quantitative estimate of drug-likeness (QED) is 0.750. The minimum atomic E-state index is -0.685. The van der Waals surface area contributed by atoms with E-state index in [4.69, 9.17) is 15.2 Å². The van der Waals surface area contributed by atoms with E-state index in [1.165, 1.54) is 0 Å². The van der Waals surface area contributed by atoms with Crippen molar-refractivity contribution in [2.24, 2.45) is 0 Å². The van der Waals surface area contributed by atoms with Crippen molar-refractivity contribution in [1.82, 2.24) is 4.98 Å². The first kappa shape index (κ1) is 18.4. The molecule has 1 aromatic carbocycles. The van der Waals surface area contributed by atoms with Gasteiger partial charge in [-0.3, -0.25) is 0 Å². The summed E-state index contributed by atoms with van der Waals surface area (Å²) in [6.07, 6.45) is 0. The summed E-state index contributed by atoms with van der Waals surface area (Å²) in [7, 11) is 0. The summed E-state index contributed by atoms with van der Waals surface area (Å²) in [6, 6.07) is 11.5. The lowest BCUT2D eigenvalue weighted by Crippen LogP contribution is -2.25. The normalized spacial score (nSPS) is 11.3. The fraction of sp³-hybridized carbons (Fsp3) is 0.333. The third-order valence-electron chi connectivity index (χ3n) is 3.51. The van der Waals surface area contributed by atoms with Crippen molar-refractivity contribution < 1.29 is 14.3 Å². The number of anilines is 1. The van der Waals surface area contributed by atoms with E-state index in [1.807, 2.05) is 44.2 Å². The molecule has 5 nitrogen and oxygen atoms in total. The number of aromatic nitrogens is 1. The molecule has 1 heterocycles. The number of ether oxygens (including phenoxy) is 2. The largest absolute Gasteiger partial charge is 0.462 e. The Morgan fingerprint density at radius 3 is 2.58 bits per heavy atom. The van der Waals surface area contributed by atoms with Crippen LogP contribution in [0, 0.1) is 0 Å². The van der Waals surface area contributed by atoms with Crippen LogP contribution in [-0.2, 0) is 21.7 Å². The second kappa shape index (κ2) is 7.77. The smallest absolute Gasteiger partial charge is 0.341 e. The molecule has 0 bridgehead atoms. The summed E-state index contributed by atoms with van der Waals surface area (Å²) in [5.74, 6) is -0.360. The molecule has 2 rings (SSSR count). The Balaban J connectivity index is 2.23. The van der Waals surface area contributed by atoms with E-state index in [9.17, 15) is 4.79 Å². The highest BCUT2D eigenvalue weighted by Crippen LogP contribution is 2.33. The lowest BCUT2D eigenvalue weighted by molar-refractivity contribution is -0.0372. The number of esters is 1. The second-order valence-corrected chi connectivity index (χ2v) is 6.61. The Morgan fingerprint density at radius 1 is 1.29 bits per heavy atom. The van der Waals surface area contributed by atoms with Crippen LogP contribution in [0.3, 0.4) is 0 Å². The molecule has 6 heteroatoms. The lowest BCUT2D eigenvalue weighted by atomic mass is 10.0. The maximum Gasteiger partial charge on any atom is 0.341 e. The van der Waals surface area contributed by atoms with Gasteiger partial charge >= 0.3 is 5.97 Å². The zero-order valence-corrected chi connectivity index (χ0v) is 15.6. The summed E-state index contributed by atoms with van der Waals surface area (Å²) in [5.41, 5.74) is 7.19. The Bertz CT molecular complexity index is 718. The second-order valence-electron chi connectivity index (χ2n) is 5.76. The van der Waals surface area contributed by atoms with Crippen LogP contribution in [-0.4, -0.2) is 17.6 Å². The molecule has 0 atom stereocenters. The summed E-state index contributed by atoms with van der Waals surface area (Å²) in [5, 5.41) is 0. The SMILES string of the molecule is CCOC(=O)c1cc(Br)c(C(C)(C)OCc2ccccc2)nc1N. The van der Waals surface area contributed by atoms with Gasteiger partial charge in [0.1, 0.15) is 17.0 Å². The Hall–Kier alpha value is -1.92. The minimum Gasteiger partial charge on any atom is -0.462 e. The third kappa shape index (κ3) is 4.33. The van der Waals surface area contributed by atoms with Gasteiger partial charge in [0.05, 0.1) is 18.9 Å². The number of rotatable bonds is 6. The molecule has 128 valence electrons. The number of hydrogen-bond donors (Lipinski definition) is 1. The molecule has 1 aromatic heterocycles. The third-order valence-corrected chi connectivity index (χ3v) is 4.12. The summed E-state index contributed by atoms with van der Waals surface area (Å²) >= 11 is 3.46. The first-order valence-electron chi connectivity index (χ1n) is 7.66. The van der Waals surface area contributed by atoms with E-state index < -0.39 is 11.6 Å². The van der Waals surface area contributed by atoms with Crippen LogP contribution in [0.4, 0.5) is 5.82 Å². The van der Waals surface area contributed by atoms with E-state index in [0.717, 1.165) is 5.56 Å². The molecule has 0 aliphatic rings. The first-order chi connectivity index (χ1) is 11.3. The number of carbonyl (C=O) groups is 1. The number of pyridine rings is 1. The molecule has 24 heavy (non-hydrogen) atoms. The average Bonchev–Trinajstić information content (AvgIpc) is 2.56. The zero-order valence-electron chi connectivity index (χ0n) is 14.0. The fourth-order valence-corrected chi connectivity index (χ4v) is 3.00. The van der Waals surface area contributed by atoms with Gasteiger partial charge in [0.15, 0.2) is 0 Å². The van der Waals surface area contributed by atoms with Crippen LogP contribution >= 0.6 is 15.9 Å². The van der Waals surface area contributed by atoms with Gasteiger partial charge in [-0.1, -0.05) is 30.3 Å². The average molecular weight is 393 g/mol. The number of halogens is 1. The van der Waals surface area contributed by atoms with Gasteiger partial charge in [0.2, 0.25) is 0 Å². The van der Waals surface area contributed by atoms with E-state index in [2.05, 4.69) is 20.9 Å². The fourth-order valence-electron chi connectivity index (χ4n) is 2.20. The van der Waals surface area contributed by atoms with Crippen LogP contribution in [0.5, 0.6) is 0 Å². The Kier molecular flexibility index (Phi) is 5.96. The molecule has 0 saturated heterocycles. The van der Waals surface area contributed by atoms with Crippen molar-refractivity contribution >= 4 is 27.7 Å². The van der Waals surface area contributed by atoms with Crippen molar-refractivity contribution in [3.63, 3.8) is 0 Å². The van der Waals surface area contributed by atoms with E-state index in [0.29, 0.717) is 16.8 Å². The number of nitrogens with two attached hydrogens (primary N) is 1. The molecule has 2 aromatic rings. The molecule has 0 fully saturated rings. The van der Waals surface area contributed by atoms with Gasteiger partial charge in [0.25, 0.3) is 0 Å². The summed E-state index contributed by atoms with van der Waals surface area (Å²) < 4.78 is 11.7. The van der Waals surface area contributed by atoms with Crippen LogP contribution < -0.4 is 5.73 Å². The Morgan fingerprint density at radius 2 is 1.96 bits per heavy atom. The van der Waals surface area contributed by atoms with Crippen LogP contribution in [0.2, 0.25) is 0 Å². The number of nitrogen functional groups attached to an aromatic ring is 1. The molecule has 0 saturated carbocycles. The maximum absolute atomic E-state index is 11.9. The highest BCUT2D eigenvalue weighted by atomic mass is 79.9. The van der Waals surface area contributed by atoms with Gasteiger partial charge in [-0.15, -0.1) is 0 Å². The Labute approximate surface area is 150 Å².